The van der Waals surface area contributed by atoms with Crippen molar-refractivity contribution < 1.29 is 5.11 Å². The molecule has 1 aliphatic rings. The van der Waals surface area contributed by atoms with E-state index in [1.165, 1.54) is 6.42 Å². The van der Waals surface area contributed by atoms with Crippen molar-refractivity contribution in [2.24, 2.45) is 0 Å². The molecule has 1 fully saturated rings. The van der Waals surface area contributed by atoms with Crippen LogP contribution >= 0.6 is 0 Å². The molecule has 1 heterocycles. The number of aliphatic hydroxyl groups is 1. The number of rotatable bonds is 3. The number of nitrogens with one attached hydrogen (secondary N) is 1. The Morgan fingerprint density at radius 1 is 1.26 bits per heavy atom. The summed E-state index contributed by atoms with van der Waals surface area (Å²) in [5.74, 6) is 0.501. The molecule has 0 aliphatic heterocycles. The van der Waals surface area contributed by atoms with Gasteiger partial charge in [-0.1, -0.05) is 19.3 Å². The fourth-order valence-corrected chi connectivity index (χ4v) is 2.64. The van der Waals surface area contributed by atoms with E-state index in [0.29, 0.717) is 11.4 Å². The zero-order chi connectivity index (χ0) is 13.9. The van der Waals surface area contributed by atoms with Crippen molar-refractivity contribution in [3.8, 4) is 6.07 Å². The number of anilines is 1. The second-order valence-corrected chi connectivity index (χ2v) is 5.37. The third kappa shape index (κ3) is 2.69. The minimum atomic E-state index is -0.347. The van der Waals surface area contributed by atoms with Crippen molar-refractivity contribution in [3.63, 3.8) is 0 Å². The SMILES string of the molecule is Cc1nnc(NC2(CO)CCCCC2)c(C#N)c1C. The third-order valence-electron chi connectivity index (χ3n) is 4.06. The smallest absolute Gasteiger partial charge is 0.167 e. The lowest BCUT2D eigenvalue weighted by molar-refractivity contribution is 0.172. The van der Waals surface area contributed by atoms with E-state index in [1.54, 1.807) is 0 Å². The summed E-state index contributed by atoms with van der Waals surface area (Å²) in [6.45, 7) is 3.78. The largest absolute Gasteiger partial charge is 0.394 e. The second kappa shape index (κ2) is 5.54. The average molecular weight is 260 g/mol. The maximum Gasteiger partial charge on any atom is 0.167 e. The van der Waals surface area contributed by atoms with E-state index in [-0.39, 0.29) is 12.1 Å². The van der Waals surface area contributed by atoms with Crippen molar-refractivity contribution in [1.82, 2.24) is 10.2 Å². The van der Waals surface area contributed by atoms with Crippen LogP contribution < -0.4 is 5.32 Å². The van der Waals surface area contributed by atoms with Crippen LogP contribution in [0.1, 0.15) is 48.9 Å². The molecule has 1 aromatic heterocycles. The predicted molar refractivity (Wildman–Crippen MR) is 72.7 cm³/mol. The summed E-state index contributed by atoms with van der Waals surface area (Å²) in [7, 11) is 0. The first-order chi connectivity index (χ1) is 9.12. The van der Waals surface area contributed by atoms with Crippen LogP contribution in [-0.2, 0) is 0 Å². The van der Waals surface area contributed by atoms with Crippen LogP contribution in [-0.4, -0.2) is 27.4 Å². The van der Waals surface area contributed by atoms with Gasteiger partial charge in [0.15, 0.2) is 5.82 Å². The highest BCUT2D eigenvalue weighted by molar-refractivity contribution is 5.57. The number of aromatic nitrogens is 2. The van der Waals surface area contributed by atoms with Crippen LogP contribution in [0.4, 0.5) is 5.82 Å². The zero-order valence-corrected chi connectivity index (χ0v) is 11.5. The monoisotopic (exact) mass is 260 g/mol. The summed E-state index contributed by atoms with van der Waals surface area (Å²) in [5.41, 5.74) is 1.80. The molecule has 2 rings (SSSR count). The maximum absolute atomic E-state index is 9.70. The molecule has 2 N–H and O–H groups in total. The van der Waals surface area contributed by atoms with Crippen LogP contribution in [0.25, 0.3) is 0 Å². The summed E-state index contributed by atoms with van der Waals surface area (Å²) in [6.07, 6.45) is 5.19. The van der Waals surface area contributed by atoms with Gasteiger partial charge in [-0.05, 0) is 32.3 Å². The van der Waals surface area contributed by atoms with Gasteiger partial charge >= 0.3 is 0 Å². The summed E-state index contributed by atoms with van der Waals surface area (Å²) >= 11 is 0. The summed E-state index contributed by atoms with van der Waals surface area (Å²) in [6, 6.07) is 2.19. The van der Waals surface area contributed by atoms with E-state index in [1.807, 2.05) is 13.8 Å². The van der Waals surface area contributed by atoms with Crippen LogP contribution in [0.15, 0.2) is 0 Å². The Kier molecular flexibility index (Phi) is 4.01. The Bertz CT molecular complexity index is 501. The highest BCUT2D eigenvalue weighted by Gasteiger charge is 2.32. The Morgan fingerprint density at radius 2 is 1.95 bits per heavy atom. The van der Waals surface area contributed by atoms with E-state index < -0.39 is 0 Å². The zero-order valence-electron chi connectivity index (χ0n) is 11.5. The predicted octanol–water partition coefficient (Wildman–Crippen LogP) is 2.07. The fraction of sp³-hybridized carbons (Fsp3) is 0.643. The van der Waals surface area contributed by atoms with Gasteiger partial charge in [-0.2, -0.15) is 10.4 Å². The van der Waals surface area contributed by atoms with Gasteiger partial charge in [0.05, 0.1) is 17.8 Å². The van der Waals surface area contributed by atoms with Gasteiger partial charge in [0.1, 0.15) is 11.6 Å². The molecule has 0 saturated heterocycles. The molecule has 5 nitrogen and oxygen atoms in total. The molecular formula is C14H20N4O. The second-order valence-electron chi connectivity index (χ2n) is 5.37. The van der Waals surface area contributed by atoms with E-state index in [9.17, 15) is 10.4 Å². The molecule has 0 amide bonds. The summed E-state index contributed by atoms with van der Waals surface area (Å²) in [5, 5.41) is 30.4. The first kappa shape index (κ1) is 13.8. The minimum absolute atomic E-state index is 0.0620. The van der Waals surface area contributed by atoms with Crippen molar-refractivity contribution in [1.29, 1.82) is 5.26 Å². The van der Waals surface area contributed by atoms with Gasteiger partial charge in [-0.15, -0.1) is 5.10 Å². The molecule has 1 aromatic rings. The first-order valence-corrected chi connectivity index (χ1v) is 6.75. The molecule has 102 valence electrons. The Labute approximate surface area is 113 Å². The normalized spacial score (nSPS) is 17.8. The number of hydrogen-bond acceptors (Lipinski definition) is 5. The minimum Gasteiger partial charge on any atom is -0.394 e. The van der Waals surface area contributed by atoms with Gasteiger partial charge in [0.25, 0.3) is 0 Å². The van der Waals surface area contributed by atoms with Crippen LogP contribution in [0.2, 0.25) is 0 Å². The summed E-state index contributed by atoms with van der Waals surface area (Å²) < 4.78 is 0. The van der Waals surface area contributed by atoms with Crippen LogP contribution in [0, 0.1) is 25.2 Å². The van der Waals surface area contributed by atoms with Crippen molar-refractivity contribution in [3.05, 3.63) is 16.8 Å². The quantitative estimate of drug-likeness (QED) is 0.869. The molecule has 0 unspecified atom stereocenters. The Balaban J connectivity index is 2.32. The molecule has 0 radical (unpaired) electrons. The number of hydrogen-bond donors (Lipinski definition) is 2. The standard InChI is InChI=1S/C14H20N4O/c1-10-11(2)17-18-13(12(10)8-15)16-14(9-19)6-4-3-5-7-14/h19H,3-7,9H2,1-2H3,(H,16,18). The van der Waals surface area contributed by atoms with Crippen molar-refractivity contribution >= 4 is 5.82 Å². The molecular weight excluding hydrogens is 240 g/mol. The van der Waals surface area contributed by atoms with Gasteiger partial charge in [-0.25, -0.2) is 0 Å². The van der Waals surface area contributed by atoms with E-state index >= 15 is 0 Å². The Morgan fingerprint density at radius 3 is 2.53 bits per heavy atom. The molecule has 5 heteroatoms. The molecule has 1 aliphatic carbocycles. The first-order valence-electron chi connectivity index (χ1n) is 6.75. The molecule has 0 atom stereocenters. The highest BCUT2D eigenvalue weighted by Crippen LogP contribution is 2.32. The maximum atomic E-state index is 9.70. The third-order valence-corrected chi connectivity index (χ3v) is 4.06. The molecule has 1 saturated carbocycles. The summed E-state index contributed by atoms with van der Waals surface area (Å²) in [4.78, 5) is 0. The number of nitriles is 1. The van der Waals surface area contributed by atoms with Gasteiger partial charge < -0.3 is 10.4 Å². The molecule has 0 spiro atoms. The van der Waals surface area contributed by atoms with Gasteiger partial charge in [0, 0.05) is 0 Å². The fourth-order valence-electron chi connectivity index (χ4n) is 2.64. The Hall–Kier alpha value is -1.67. The van der Waals surface area contributed by atoms with Crippen LogP contribution in [0.3, 0.4) is 0 Å². The number of aliphatic hydroxyl groups excluding tert-OH is 1. The van der Waals surface area contributed by atoms with Gasteiger partial charge in [-0.3, -0.25) is 0 Å². The molecule has 19 heavy (non-hydrogen) atoms. The average Bonchev–Trinajstić information content (AvgIpc) is 2.44. The lowest BCUT2D eigenvalue weighted by Gasteiger charge is -2.37. The van der Waals surface area contributed by atoms with Crippen LogP contribution in [0.5, 0.6) is 0 Å². The topological polar surface area (TPSA) is 81.8 Å². The van der Waals surface area contributed by atoms with E-state index in [4.69, 9.17) is 0 Å². The highest BCUT2D eigenvalue weighted by atomic mass is 16.3. The van der Waals surface area contributed by atoms with E-state index in [2.05, 4.69) is 21.6 Å². The lowest BCUT2D eigenvalue weighted by Crippen LogP contribution is -2.44. The van der Waals surface area contributed by atoms with E-state index in [0.717, 1.165) is 36.9 Å². The molecule has 0 bridgehead atoms. The van der Waals surface area contributed by atoms with Crippen molar-refractivity contribution in [2.45, 2.75) is 51.5 Å². The van der Waals surface area contributed by atoms with Gasteiger partial charge in [0.2, 0.25) is 0 Å². The lowest BCUT2D eigenvalue weighted by atomic mass is 9.82. The number of aryl methyl sites for hydroxylation is 1. The van der Waals surface area contributed by atoms with Crippen molar-refractivity contribution in [2.75, 3.05) is 11.9 Å². The number of nitrogens with zero attached hydrogens (tertiary/aromatic N) is 3. The molecule has 0 aromatic carbocycles.